The first-order valence-electron chi connectivity index (χ1n) is 8.42. The van der Waals surface area contributed by atoms with Gasteiger partial charge in [0, 0.05) is 38.1 Å². The first-order chi connectivity index (χ1) is 12.6. The predicted octanol–water partition coefficient (Wildman–Crippen LogP) is 3.13. The number of hydrogen-bond donors (Lipinski definition) is 1. The van der Waals surface area contributed by atoms with Gasteiger partial charge in [0.2, 0.25) is 11.8 Å². The van der Waals surface area contributed by atoms with Crippen molar-refractivity contribution in [2.45, 2.75) is 13.5 Å². The summed E-state index contributed by atoms with van der Waals surface area (Å²) in [6.45, 7) is 6.35. The van der Waals surface area contributed by atoms with Crippen LogP contribution in [0.15, 0.2) is 27.1 Å². The molecule has 27 heavy (non-hydrogen) atoms. The van der Waals surface area contributed by atoms with E-state index in [1.54, 1.807) is 24.6 Å². The fourth-order valence-corrected chi connectivity index (χ4v) is 4.03. The van der Waals surface area contributed by atoms with Crippen LogP contribution in [-0.4, -0.2) is 61.2 Å². The lowest BCUT2D eigenvalue weighted by atomic mass is 10.3. The standard InChI is InChI=1S/C17H23BrN6OS.HI/c1-12-4-9-26-14(12)11-21-16(19-2)23-5-7-24(8-6-23)17-20-10-13(18)15(22-17)25-3;/h4,9-10H,5-8,11H2,1-3H3,(H,19,21);1H. The number of hydrogen-bond acceptors (Lipinski definition) is 6. The highest BCUT2D eigenvalue weighted by Gasteiger charge is 2.22. The first kappa shape index (κ1) is 22.2. The van der Waals surface area contributed by atoms with Gasteiger partial charge >= 0.3 is 0 Å². The number of aliphatic imine (C=N–C) groups is 1. The SMILES string of the molecule is CN=C(NCc1sccc1C)N1CCN(c2ncc(Br)c(OC)n2)CC1.I. The quantitative estimate of drug-likeness (QED) is 0.348. The number of methoxy groups -OCH3 is 1. The van der Waals surface area contributed by atoms with Gasteiger partial charge in [-0.1, -0.05) is 0 Å². The van der Waals surface area contributed by atoms with Crippen molar-refractivity contribution < 1.29 is 4.74 Å². The van der Waals surface area contributed by atoms with Crippen LogP contribution in [0.4, 0.5) is 5.95 Å². The zero-order valence-electron chi connectivity index (χ0n) is 15.6. The zero-order valence-corrected chi connectivity index (χ0v) is 20.3. The Balaban J connectivity index is 0.00000261. The molecule has 2 aromatic heterocycles. The summed E-state index contributed by atoms with van der Waals surface area (Å²) in [4.78, 5) is 19.1. The molecule has 0 radical (unpaired) electrons. The number of guanidine groups is 1. The summed E-state index contributed by atoms with van der Waals surface area (Å²) in [7, 11) is 3.44. The molecule has 10 heteroatoms. The van der Waals surface area contributed by atoms with Crippen LogP contribution in [0, 0.1) is 6.92 Å². The van der Waals surface area contributed by atoms with Gasteiger partial charge in [0.05, 0.1) is 24.3 Å². The third-order valence-corrected chi connectivity index (χ3v) is 5.91. The van der Waals surface area contributed by atoms with Crippen LogP contribution < -0.4 is 15.0 Å². The number of nitrogens with zero attached hydrogens (tertiary/aromatic N) is 5. The molecule has 7 nitrogen and oxygen atoms in total. The van der Waals surface area contributed by atoms with Gasteiger partial charge in [0.1, 0.15) is 0 Å². The van der Waals surface area contributed by atoms with Crippen molar-refractivity contribution in [2.75, 3.05) is 45.2 Å². The molecule has 1 saturated heterocycles. The molecule has 1 aliphatic rings. The zero-order chi connectivity index (χ0) is 18.5. The van der Waals surface area contributed by atoms with E-state index in [0.29, 0.717) is 11.8 Å². The van der Waals surface area contributed by atoms with Gasteiger partial charge in [-0.15, -0.1) is 35.3 Å². The maximum atomic E-state index is 5.27. The molecule has 2 aromatic rings. The maximum Gasteiger partial charge on any atom is 0.232 e. The average Bonchev–Trinajstić information content (AvgIpc) is 3.08. The smallest absolute Gasteiger partial charge is 0.232 e. The molecule has 0 aliphatic carbocycles. The summed E-state index contributed by atoms with van der Waals surface area (Å²) in [5, 5.41) is 5.60. The summed E-state index contributed by atoms with van der Waals surface area (Å²) < 4.78 is 6.03. The highest BCUT2D eigenvalue weighted by molar-refractivity contribution is 14.0. The summed E-state index contributed by atoms with van der Waals surface area (Å²) in [6.07, 6.45) is 1.73. The van der Waals surface area contributed by atoms with E-state index in [4.69, 9.17) is 4.74 Å². The monoisotopic (exact) mass is 566 g/mol. The minimum atomic E-state index is 0. The Hall–Kier alpha value is -1.14. The molecule has 0 saturated carbocycles. The van der Waals surface area contributed by atoms with Crippen LogP contribution in [0.2, 0.25) is 0 Å². The molecule has 1 fully saturated rings. The van der Waals surface area contributed by atoms with Gasteiger partial charge in [-0.2, -0.15) is 4.98 Å². The molecular formula is C17H24BrIN6OS. The molecule has 148 valence electrons. The number of nitrogens with one attached hydrogen (secondary N) is 1. The van der Waals surface area contributed by atoms with Crippen molar-refractivity contribution in [1.29, 1.82) is 0 Å². The molecule has 3 heterocycles. The lowest BCUT2D eigenvalue weighted by Gasteiger charge is -2.36. The van der Waals surface area contributed by atoms with Gasteiger partial charge in [0.15, 0.2) is 5.96 Å². The van der Waals surface area contributed by atoms with Crippen LogP contribution in [0.5, 0.6) is 5.88 Å². The second-order valence-electron chi connectivity index (χ2n) is 5.93. The Bertz CT molecular complexity index is 779. The van der Waals surface area contributed by atoms with Crippen LogP contribution in [0.25, 0.3) is 0 Å². The summed E-state index contributed by atoms with van der Waals surface area (Å²) in [5.74, 6) is 2.19. The fourth-order valence-electron chi connectivity index (χ4n) is 2.83. The van der Waals surface area contributed by atoms with E-state index in [1.165, 1.54) is 10.4 Å². The second kappa shape index (κ2) is 10.4. The minimum absolute atomic E-state index is 0. The average molecular weight is 567 g/mol. The Morgan fingerprint density at radius 3 is 2.70 bits per heavy atom. The van der Waals surface area contributed by atoms with E-state index >= 15 is 0 Å². The number of rotatable bonds is 4. The minimum Gasteiger partial charge on any atom is -0.480 e. The Kier molecular flexibility index (Phi) is 8.55. The van der Waals surface area contributed by atoms with Gasteiger partial charge in [0.25, 0.3) is 0 Å². The van der Waals surface area contributed by atoms with Crippen LogP contribution in [-0.2, 0) is 6.54 Å². The summed E-state index contributed by atoms with van der Waals surface area (Å²) in [5.41, 5.74) is 1.32. The summed E-state index contributed by atoms with van der Waals surface area (Å²) in [6, 6.07) is 2.15. The highest BCUT2D eigenvalue weighted by atomic mass is 127. The first-order valence-corrected chi connectivity index (χ1v) is 10.1. The number of aromatic nitrogens is 2. The molecule has 3 rings (SSSR count). The molecule has 1 aliphatic heterocycles. The Morgan fingerprint density at radius 2 is 2.11 bits per heavy atom. The van der Waals surface area contributed by atoms with E-state index in [2.05, 4.69) is 64.4 Å². The lowest BCUT2D eigenvalue weighted by Crippen LogP contribution is -2.52. The normalized spacial score (nSPS) is 14.7. The van der Waals surface area contributed by atoms with Crippen molar-refractivity contribution in [1.82, 2.24) is 20.2 Å². The Morgan fingerprint density at radius 1 is 1.37 bits per heavy atom. The van der Waals surface area contributed by atoms with Gasteiger partial charge in [-0.25, -0.2) is 4.98 Å². The molecule has 0 atom stereocenters. The number of aryl methyl sites for hydroxylation is 1. The van der Waals surface area contributed by atoms with Crippen molar-refractivity contribution in [2.24, 2.45) is 4.99 Å². The fraction of sp³-hybridized carbons (Fsp3) is 0.471. The topological polar surface area (TPSA) is 65.9 Å². The molecule has 0 unspecified atom stereocenters. The number of thiophene rings is 1. The number of halogens is 2. The third-order valence-electron chi connectivity index (χ3n) is 4.34. The largest absolute Gasteiger partial charge is 0.480 e. The number of ether oxygens (including phenoxy) is 1. The third kappa shape index (κ3) is 5.44. The van der Waals surface area contributed by atoms with Crippen molar-refractivity contribution >= 4 is 63.2 Å². The van der Waals surface area contributed by atoms with Crippen molar-refractivity contribution in [3.05, 3.63) is 32.6 Å². The molecule has 1 N–H and O–H groups in total. The van der Waals surface area contributed by atoms with E-state index in [1.807, 2.05) is 7.05 Å². The molecular weight excluding hydrogens is 543 g/mol. The molecule has 0 amide bonds. The molecule has 0 bridgehead atoms. The van der Waals surface area contributed by atoms with Crippen LogP contribution in [0.3, 0.4) is 0 Å². The molecule has 0 aromatic carbocycles. The van der Waals surface area contributed by atoms with Gasteiger partial charge in [-0.3, -0.25) is 4.99 Å². The lowest BCUT2D eigenvalue weighted by molar-refractivity contribution is 0.366. The van der Waals surface area contributed by atoms with E-state index in [0.717, 1.165) is 43.2 Å². The van der Waals surface area contributed by atoms with Gasteiger partial charge < -0.3 is 19.9 Å². The van der Waals surface area contributed by atoms with Crippen LogP contribution in [0.1, 0.15) is 10.4 Å². The number of anilines is 1. The van der Waals surface area contributed by atoms with Crippen molar-refractivity contribution in [3.63, 3.8) is 0 Å². The van der Waals surface area contributed by atoms with E-state index < -0.39 is 0 Å². The van der Waals surface area contributed by atoms with E-state index in [9.17, 15) is 0 Å². The second-order valence-corrected chi connectivity index (χ2v) is 7.78. The summed E-state index contributed by atoms with van der Waals surface area (Å²) >= 11 is 5.17. The highest BCUT2D eigenvalue weighted by Crippen LogP contribution is 2.24. The predicted molar refractivity (Wildman–Crippen MR) is 125 cm³/mol. The van der Waals surface area contributed by atoms with Crippen LogP contribution >= 0.6 is 51.2 Å². The Labute approximate surface area is 189 Å². The van der Waals surface area contributed by atoms with Crippen molar-refractivity contribution in [3.8, 4) is 5.88 Å². The number of piperazine rings is 1. The molecule has 0 spiro atoms. The maximum absolute atomic E-state index is 5.27. The van der Waals surface area contributed by atoms with Gasteiger partial charge in [-0.05, 0) is 39.9 Å². The van der Waals surface area contributed by atoms with E-state index in [-0.39, 0.29) is 24.0 Å².